The zero-order valence-corrected chi connectivity index (χ0v) is 19.2. The largest absolute Gasteiger partial charge is 0.389 e. The molecule has 0 radical (unpaired) electrons. The smallest absolute Gasteiger partial charge is 0.226 e. The standard InChI is InChI=1S/C25H28N4O3S/c30-24-13-32-8-6-21(24)29-25(31)11-19-10-18(20-5-7-26-12-22(20)28-19)9-16-1-3-17(4-2-16)23-14-33-15-27-23/h1-4,10,14-15,21,24,26,30H,5-9,11-13H2,(H,29,31)/t21-,24-/m1/s1. The van der Waals surface area contributed by atoms with Crippen molar-refractivity contribution in [3.8, 4) is 11.3 Å². The van der Waals surface area contributed by atoms with E-state index in [9.17, 15) is 9.90 Å². The molecule has 0 bridgehead atoms. The van der Waals surface area contributed by atoms with Crippen LogP contribution >= 0.6 is 11.3 Å². The number of carbonyl (C=O) groups is 1. The molecule has 3 N–H and O–H groups in total. The number of ether oxygens (including phenoxy) is 1. The van der Waals surface area contributed by atoms with E-state index in [0.29, 0.717) is 13.0 Å². The van der Waals surface area contributed by atoms with Gasteiger partial charge in [0.1, 0.15) is 0 Å². The zero-order chi connectivity index (χ0) is 22.6. The van der Waals surface area contributed by atoms with Gasteiger partial charge in [0.25, 0.3) is 0 Å². The van der Waals surface area contributed by atoms with Gasteiger partial charge in [-0.05, 0) is 48.6 Å². The van der Waals surface area contributed by atoms with Crippen molar-refractivity contribution < 1.29 is 14.6 Å². The number of hydrogen-bond donors (Lipinski definition) is 3. The minimum atomic E-state index is -0.661. The van der Waals surface area contributed by atoms with Crippen LogP contribution in [-0.4, -0.2) is 52.9 Å². The Morgan fingerprint density at radius 2 is 2.18 bits per heavy atom. The normalized spacial score (nSPS) is 20.3. The van der Waals surface area contributed by atoms with Crippen LogP contribution in [0, 0.1) is 0 Å². The molecule has 2 atom stereocenters. The van der Waals surface area contributed by atoms with Gasteiger partial charge in [-0.2, -0.15) is 0 Å². The van der Waals surface area contributed by atoms with Gasteiger partial charge in [-0.15, -0.1) is 11.3 Å². The maximum atomic E-state index is 12.7. The molecule has 0 unspecified atom stereocenters. The molecule has 1 saturated heterocycles. The number of nitrogens with zero attached hydrogens (tertiary/aromatic N) is 2. The highest BCUT2D eigenvalue weighted by Gasteiger charge is 2.25. The van der Waals surface area contributed by atoms with E-state index in [0.717, 1.165) is 48.6 Å². The number of benzene rings is 1. The van der Waals surface area contributed by atoms with Gasteiger partial charge < -0.3 is 20.5 Å². The second kappa shape index (κ2) is 10.1. The predicted octanol–water partition coefficient (Wildman–Crippen LogP) is 2.25. The van der Waals surface area contributed by atoms with E-state index in [1.54, 1.807) is 11.3 Å². The molecule has 2 aliphatic rings. The van der Waals surface area contributed by atoms with Gasteiger partial charge in [-0.25, -0.2) is 4.98 Å². The molecule has 3 aromatic rings. The summed E-state index contributed by atoms with van der Waals surface area (Å²) in [6, 6.07) is 10.4. The van der Waals surface area contributed by atoms with Crippen LogP contribution in [0.4, 0.5) is 0 Å². The molecule has 1 fully saturated rings. The molecule has 4 heterocycles. The average Bonchev–Trinajstić information content (AvgIpc) is 3.36. The van der Waals surface area contributed by atoms with Crippen molar-refractivity contribution >= 4 is 17.2 Å². The fraction of sp³-hybridized carbons (Fsp3) is 0.400. The van der Waals surface area contributed by atoms with Crippen molar-refractivity contribution in [1.29, 1.82) is 0 Å². The Labute approximate surface area is 197 Å². The quantitative estimate of drug-likeness (QED) is 0.518. The number of fused-ring (bicyclic) bond motifs is 1. The third-order valence-corrected chi connectivity index (χ3v) is 6.88. The molecular formula is C25H28N4O3S. The second-order valence-electron chi connectivity index (χ2n) is 8.65. The highest BCUT2D eigenvalue weighted by Crippen LogP contribution is 2.24. The van der Waals surface area contributed by atoms with Crippen molar-refractivity contribution in [3.05, 3.63) is 69.3 Å². The molecule has 1 aromatic carbocycles. The van der Waals surface area contributed by atoms with Crippen LogP contribution in [0.2, 0.25) is 0 Å². The van der Waals surface area contributed by atoms with Crippen LogP contribution in [0.1, 0.15) is 34.5 Å². The Morgan fingerprint density at radius 3 is 2.97 bits per heavy atom. The van der Waals surface area contributed by atoms with E-state index < -0.39 is 6.10 Å². The lowest BCUT2D eigenvalue weighted by Crippen LogP contribution is -2.49. The summed E-state index contributed by atoms with van der Waals surface area (Å²) < 4.78 is 5.25. The van der Waals surface area contributed by atoms with Gasteiger partial charge in [0.15, 0.2) is 0 Å². The van der Waals surface area contributed by atoms with Crippen LogP contribution < -0.4 is 10.6 Å². The Bertz CT molecular complexity index is 1100. The summed E-state index contributed by atoms with van der Waals surface area (Å²) in [6.07, 6.45) is 1.90. The number of pyridine rings is 1. The molecule has 7 nitrogen and oxygen atoms in total. The van der Waals surface area contributed by atoms with Crippen molar-refractivity contribution in [2.75, 3.05) is 19.8 Å². The first-order valence-corrected chi connectivity index (χ1v) is 12.3. The van der Waals surface area contributed by atoms with Crippen molar-refractivity contribution in [2.45, 2.75) is 44.4 Å². The molecule has 0 aliphatic carbocycles. The number of aliphatic hydroxyl groups is 1. The van der Waals surface area contributed by atoms with Crippen LogP contribution in [0.5, 0.6) is 0 Å². The zero-order valence-electron chi connectivity index (χ0n) is 18.4. The van der Waals surface area contributed by atoms with Crippen LogP contribution in [-0.2, 0) is 35.3 Å². The highest BCUT2D eigenvalue weighted by molar-refractivity contribution is 7.07. The SMILES string of the molecule is O=C(Cc1cc(Cc2ccc(-c3cscn3)cc2)c2c(n1)CNCC2)N[C@@H]1CCOC[C@H]1O. The number of aromatic nitrogens is 2. The van der Waals surface area contributed by atoms with Gasteiger partial charge in [0.05, 0.1) is 47.8 Å². The van der Waals surface area contributed by atoms with Gasteiger partial charge in [0.2, 0.25) is 5.91 Å². The summed E-state index contributed by atoms with van der Waals surface area (Å²) in [4.78, 5) is 21.9. The number of hydrogen-bond acceptors (Lipinski definition) is 7. The highest BCUT2D eigenvalue weighted by atomic mass is 32.1. The van der Waals surface area contributed by atoms with Gasteiger partial charge in [-0.3, -0.25) is 9.78 Å². The summed E-state index contributed by atoms with van der Waals surface area (Å²) in [5.41, 5.74) is 9.52. The molecular weight excluding hydrogens is 436 g/mol. The number of nitrogens with one attached hydrogen (secondary N) is 2. The van der Waals surface area contributed by atoms with Crippen molar-refractivity contribution in [3.63, 3.8) is 0 Å². The summed E-state index contributed by atoms with van der Waals surface area (Å²) in [5.74, 6) is -0.115. The minimum absolute atomic E-state index is 0.115. The lowest BCUT2D eigenvalue weighted by atomic mass is 9.93. The van der Waals surface area contributed by atoms with E-state index in [1.165, 1.54) is 16.7 Å². The van der Waals surface area contributed by atoms with Crippen LogP contribution in [0.15, 0.2) is 41.2 Å². The Balaban J connectivity index is 1.33. The summed E-state index contributed by atoms with van der Waals surface area (Å²) >= 11 is 1.60. The molecule has 33 heavy (non-hydrogen) atoms. The molecule has 1 amide bonds. The number of aliphatic hydroxyl groups excluding tert-OH is 1. The fourth-order valence-corrected chi connectivity index (χ4v) is 5.11. The lowest BCUT2D eigenvalue weighted by Gasteiger charge is -2.28. The minimum Gasteiger partial charge on any atom is -0.389 e. The van der Waals surface area contributed by atoms with E-state index in [1.807, 2.05) is 5.51 Å². The number of thiazole rings is 1. The van der Waals surface area contributed by atoms with E-state index >= 15 is 0 Å². The second-order valence-corrected chi connectivity index (χ2v) is 9.37. The van der Waals surface area contributed by atoms with Gasteiger partial charge in [0, 0.05) is 24.1 Å². The summed E-state index contributed by atoms with van der Waals surface area (Å²) in [5, 5.41) is 18.5. The topological polar surface area (TPSA) is 96.4 Å². The molecule has 0 saturated carbocycles. The first kappa shape index (κ1) is 22.2. The maximum Gasteiger partial charge on any atom is 0.226 e. The average molecular weight is 465 g/mol. The van der Waals surface area contributed by atoms with E-state index in [-0.39, 0.29) is 25.0 Å². The molecule has 172 valence electrons. The van der Waals surface area contributed by atoms with Crippen LogP contribution in [0.3, 0.4) is 0 Å². The number of rotatable bonds is 6. The Kier molecular flexibility index (Phi) is 6.78. The molecule has 0 spiro atoms. The summed E-state index contributed by atoms with van der Waals surface area (Å²) in [7, 11) is 0. The molecule has 8 heteroatoms. The fourth-order valence-electron chi connectivity index (χ4n) is 4.55. The van der Waals surface area contributed by atoms with E-state index in [4.69, 9.17) is 9.72 Å². The van der Waals surface area contributed by atoms with Crippen LogP contribution in [0.25, 0.3) is 11.3 Å². The van der Waals surface area contributed by atoms with Crippen molar-refractivity contribution in [1.82, 2.24) is 20.6 Å². The molecule has 2 aliphatic heterocycles. The third kappa shape index (κ3) is 5.30. The third-order valence-electron chi connectivity index (χ3n) is 6.29. The summed E-state index contributed by atoms with van der Waals surface area (Å²) in [6.45, 7) is 2.47. The monoisotopic (exact) mass is 464 g/mol. The first-order valence-electron chi connectivity index (χ1n) is 11.4. The lowest BCUT2D eigenvalue weighted by molar-refractivity contribution is -0.123. The van der Waals surface area contributed by atoms with Crippen molar-refractivity contribution in [2.24, 2.45) is 0 Å². The Morgan fingerprint density at radius 1 is 1.30 bits per heavy atom. The predicted molar refractivity (Wildman–Crippen MR) is 127 cm³/mol. The van der Waals surface area contributed by atoms with Gasteiger partial charge in [-0.1, -0.05) is 24.3 Å². The number of carbonyl (C=O) groups excluding carboxylic acids is 1. The number of amides is 1. The Hall–Kier alpha value is -2.65. The maximum absolute atomic E-state index is 12.7. The molecule has 5 rings (SSSR count). The first-order chi connectivity index (χ1) is 16.2. The molecule has 2 aromatic heterocycles. The van der Waals surface area contributed by atoms with E-state index in [2.05, 4.69) is 51.3 Å². The van der Waals surface area contributed by atoms with Gasteiger partial charge >= 0.3 is 0 Å².